The summed E-state index contributed by atoms with van der Waals surface area (Å²) in [4.78, 5) is 14.6. The van der Waals surface area contributed by atoms with E-state index in [-0.39, 0.29) is 0 Å². The molecule has 4 heterocycles. The van der Waals surface area contributed by atoms with Crippen LogP contribution in [0.15, 0.2) is 48.9 Å². The van der Waals surface area contributed by atoms with Crippen LogP contribution in [0.25, 0.3) is 11.0 Å². The van der Waals surface area contributed by atoms with Crippen molar-refractivity contribution in [3.8, 4) is 0 Å². The summed E-state index contributed by atoms with van der Waals surface area (Å²) in [6.07, 6.45) is 9.53. The van der Waals surface area contributed by atoms with Gasteiger partial charge in [0, 0.05) is 30.5 Å². The van der Waals surface area contributed by atoms with E-state index in [9.17, 15) is 0 Å². The summed E-state index contributed by atoms with van der Waals surface area (Å²) in [5, 5.41) is 1.22. The summed E-state index contributed by atoms with van der Waals surface area (Å²) in [6.45, 7) is 3.31. The second-order valence-electron chi connectivity index (χ2n) is 6.50. The Balaban J connectivity index is 1.32. The highest BCUT2D eigenvalue weighted by Gasteiger charge is 2.20. The normalized spacial score (nSPS) is 16.9. The largest absolute Gasteiger partial charge is 0.346 e. The zero-order chi connectivity index (χ0) is 15.5. The third kappa shape index (κ3) is 3.42. The molecule has 1 saturated heterocycles. The van der Waals surface area contributed by atoms with E-state index < -0.39 is 0 Å². The standard InChI is InChI=1S/C19H22N4/c1-2-7-20-18(3-1)14-23-9-5-15(6-10-23)11-16-12-17-4-8-21-19(17)22-13-16/h1-4,7-8,12-13,15H,5-6,9-11,14H2,(H,21,22). The van der Waals surface area contributed by atoms with Crippen molar-refractivity contribution in [1.29, 1.82) is 0 Å². The minimum atomic E-state index is 0.771. The molecule has 4 nitrogen and oxygen atoms in total. The van der Waals surface area contributed by atoms with Gasteiger partial charge in [-0.15, -0.1) is 0 Å². The van der Waals surface area contributed by atoms with Crippen LogP contribution in [0.5, 0.6) is 0 Å². The lowest BCUT2D eigenvalue weighted by Gasteiger charge is -2.31. The third-order valence-electron chi connectivity index (χ3n) is 4.80. The van der Waals surface area contributed by atoms with Crippen LogP contribution < -0.4 is 0 Å². The number of fused-ring (bicyclic) bond motifs is 1. The van der Waals surface area contributed by atoms with Crippen LogP contribution in [0, 0.1) is 5.92 Å². The molecular weight excluding hydrogens is 284 g/mol. The molecule has 0 unspecified atom stereocenters. The van der Waals surface area contributed by atoms with Gasteiger partial charge < -0.3 is 4.98 Å². The molecule has 0 atom stereocenters. The number of H-pyrrole nitrogens is 1. The van der Waals surface area contributed by atoms with Gasteiger partial charge in [0.25, 0.3) is 0 Å². The number of hydrogen-bond donors (Lipinski definition) is 1. The monoisotopic (exact) mass is 306 g/mol. The average molecular weight is 306 g/mol. The van der Waals surface area contributed by atoms with Gasteiger partial charge in [-0.05, 0) is 68.1 Å². The Hall–Kier alpha value is -2.20. The van der Waals surface area contributed by atoms with Crippen molar-refractivity contribution in [2.45, 2.75) is 25.8 Å². The molecule has 1 fully saturated rings. The SMILES string of the molecule is c1ccc(CN2CCC(Cc3cnc4[nH]ccc4c3)CC2)nc1. The summed E-state index contributed by atoms with van der Waals surface area (Å²) in [6, 6.07) is 10.5. The Morgan fingerprint density at radius 1 is 1.13 bits per heavy atom. The molecule has 1 aliphatic rings. The minimum Gasteiger partial charge on any atom is -0.346 e. The Morgan fingerprint density at radius 3 is 2.87 bits per heavy atom. The quantitative estimate of drug-likeness (QED) is 0.803. The van der Waals surface area contributed by atoms with Gasteiger partial charge in [-0.1, -0.05) is 6.07 Å². The molecule has 3 aromatic rings. The van der Waals surface area contributed by atoms with Gasteiger partial charge in [-0.25, -0.2) is 4.98 Å². The van der Waals surface area contributed by atoms with Crippen molar-refractivity contribution in [2.75, 3.05) is 13.1 Å². The maximum absolute atomic E-state index is 4.50. The van der Waals surface area contributed by atoms with E-state index in [0.717, 1.165) is 24.5 Å². The smallest absolute Gasteiger partial charge is 0.137 e. The highest BCUT2D eigenvalue weighted by molar-refractivity contribution is 5.75. The van der Waals surface area contributed by atoms with Crippen molar-refractivity contribution >= 4 is 11.0 Å². The van der Waals surface area contributed by atoms with Gasteiger partial charge in [-0.2, -0.15) is 0 Å². The first-order chi connectivity index (χ1) is 11.4. The predicted molar refractivity (Wildman–Crippen MR) is 92.0 cm³/mol. The lowest BCUT2D eigenvalue weighted by Crippen LogP contribution is -2.34. The molecule has 0 spiro atoms. The predicted octanol–water partition coefficient (Wildman–Crippen LogP) is 3.41. The number of rotatable bonds is 4. The van der Waals surface area contributed by atoms with Crippen LogP contribution in [0.4, 0.5) is 0 Å². The minimum absolute atomic E-state index is 0.771. The van der Waals surface area contributed by atoms with Crippen molar-refractivity contribution in [3.05, 3.63) is 60.2 Å². The molecule has 118 valence electrons. The summed E-state index contributed by atoms with van der Waals surface area (Å²) >= 11 is 0. The maximum Gasteiger partial charge on any atom is 0.137 e. The number of pyridine rings is 2. The Labute approximate surface area is 136 Å². The highest BCUT2D eigenvalue weighted by atomic mass is 15.1. The number of hydrogen-bond acceptors (Lipinski definition) is 3. The van der Waals surface area contributed by atoms with E-state index in [1.54, 1.807) is 0 Å². The van der Waals surface area contributed by atoms with Crippen LogP contribution in [0.2, 0.25) is 0 Å². The zero-order valence-electron chi connectivity index (χ0n) is 13.3. The molecule has 0 amide bonds. The number of aromatic amines is 1. The average Bonchev–Trinajstić information content (AvgIpc) is 3.05. The van der Waals surface area contributed by atoms with Crippen molar-refractivity contribution in [1.82, 2.24) is 19.9 Å². The number of piperidine rings is 1. The van der Waals surface area contributed by atoms with Gasteiger partial charge in [-0.3, -0.25) is 9.88 Å². The van der Waals surface area contributed by atoms with Crippen LogP contribution in [0.3, 0.4) is 0 Å². The number of likely N-dealkylation sites (tertiary alicyclic amines) is 1. The van der Waals surface area contributed by atoms with Crippen molar-refractivity contribution in [3.63, 3.8) is 0 Å². The molecule has 3 aromatic heterocycles. The van der Waals surface area contributed by atoms with E-state index in [0.29, 0.717) is 0 Å². The van der Waals surface area contributed by atoms with Crippen LogP contribution in [-0.4, -0.2) is 32.9 Å². The molecule has 0 aromatic carbocycles. The molecule has 4 rings (SSSR count). The van der Waals surface area contributed by atoms with Crippen molar-refractivity contribution < 1.29 is 0 Å². The van der Waals surface area contributed by atoms with E-state index in [4.69, 9.17) is 0 Å². The van der Waals surface area contributed by atoms with E-state index >= 15 is 0 Å². The lowest BCUT2D eigenvalue weighted by molar-refractivity contribution is 0.175. The molecule has 1 aliphatic heterocycles. The maximum atomic E-state index is 4.50. The third-order valence-corrected chi connectivity index (χ3v) is 4.80. The number of aromatic nitrogens is 3. The first-order valence-corrected chi connectivity index (χ1v) is 8.41. The van der Waals surface area contributed by atoms with Gasteiger partial charge in [0.15, 0.2) is 0 Å². The Morgan fingerprint density at radius 2 is 2.04 bits per heavy atom. The van der Waals surface area contributed by atoms with Crippen LogP contribution in [-0.2, 0) is 13.0 Å². The second kappa shape index (κ2) is 6.50. The lowest BCUT2D eigenvalue weighted by atomic mass is 9.90. The van der Waals surface area contributed by atoms with Gasteiger partial charge in [0.2, 0.25) is 0 Å². The molecule has 0 aliphatic carbocycles. The molecular formula is C19H22N4. The number of nitrogens with one attached hydrogen (secondary N) is 1. The van der Waals surface area contributed by atoms with Crippen LogP contribution >= 0.6 is 0 Å². The topological polar surface area (TPSA) is 44.8 Å². The summed E-state index contributed by atoms with van der Waals surface area (Å²) in [5.74, 6) is 0.771. The van der Waals surface area contributed by atoms with Gasteiger partial charge in [0.05, 0.1) is 5.69 Å². The summed E-state index contributed by atoms with van der Waals surface area (Å²) in [7, 11) is 0. The molecule has 23 heavy (non-hydrogen) atoms. The molecule has 0 saturated carbocycles. The zero-order valence-corrected chi connectivity index (χ0v) is 13.3. The fraction of sp³-hybridized carbons (Fsp3) is 0.368. The fourth-order valence-electron chi connectivity index (χ4n) is 3.50. The number of nitrogens with zero attached hydrogens (tertiary/aromatic N) is 3. The van der Waals surface area contributed by atoms with E-state index in [1.807, 2.05) is 24.7 Å². The van der Waals surface area contributed by atoms with Crippen LogP contribution in [0.1, 0.15) is 24.1 Å². The summed E-state index contributed by atoms with van der Waals surface area (Å²) < 4.78 is 0. The molecule has 0 bridgehead atoms. The molecule has 4 heteroatoms. The second-order valence-corrected chi connectivity index (χ2v) is 6.50. The Bertz CT molecular complexity index is 757. The first kappa shape index (κ1) is 14.4. The molecule has 1 N–H and O–H groups in total. The summed E-state index contributed by atoms with van der Waals surface area (Å²) in [5.41, 5.74) is 3.52. The van der Waals surface area contributed by atoms with E-state index in [1.165, 1.54) is 42.6 Å². The fourth-order valence-corrected chi connectivity index (χ4v) is 3.50. The Kier molecular flexibility index (Phi) is 4.07. The van der Waals surface area contributed by atoms with Crippen molar-refractivity contribution in [2.24, 2.45) is 5.92 Å². The molecule has 0 radical (unpaired) electrons. The van der Waals surface area contributed by atoms with Gasteiger partial charge in [0.1, 0.15) is 5.65 Å². The highest BCUT2D eigenvalue weighted by Crippen LogP contribution is 2.23. The van der Waals surface area contributed by atoms with E-state index in [2.05, 4.69) is 44.1 Å². The van der Waals surface area contributed by atoms with Gasteiger partial charge >= 0.3 is 0 Å². The first-order valence-electron chi connectivity index (χ1n) is 8.41.